The number of imidazole rings is 1. The molecule has 1 aromatic carbocycles. The molecule has 0 aliphatic carbocycles. The second-order valence-electron chi connectivity index (χ2n) is 5.49. The van der Waals surface area contributed by atoms with Crippen molar-refractivity contribution in [2.75, 3.05) is 23.3 Å². The molecule has 0 amide bonds. The third-order valence-corrected chi connectivity index (χ3v) is 3.97. The molecule has 0 radical (unpaired) electrons. The molecule has 1 atom stereocenters. The smallest absolute Gasteiger partial charge is 0.180 e. The van der Waals surface area contributed by atoms with Crippen LogP contribution in [0.25, 0.3) is 5.65 Å². The van der Waals surface area contributed by atoms with E-state index in [4.69, 9.17) is 0 Å². The Balaban J connectivity index is 1.55. The fourth-order valence-electron chi connectivity index (χ4n) is 2.81. The van der Waals surface area contributed by atoms with Gasteiger partial charge in [-0.25, -0.2) is 9.97 Å². The van der Waals surface area contributed by atoms with Crippen molar-refractivity contribution in [2.24, 2.45) is 0 Å². The van der Waals surface area contributed by atoms with Crippen molar-refractivity contribution in [1.82, 2.24) is 14.4 Å². The summed E-state index contributed by atoms with van der Waals surface area (Å²) in [6, 6.07) is 8.17. The molecule has 2 N–H and O–H groups in total. The maximum Gasteiger partial charge on any atom is 0.180 e. The SMILES string of the molecule is O[C@H]1CCN(c2ccc(Nc3nccn4ccnc34)cc2)C1. The minimum absolute atomic E-state index is 0.208. The summed E-state index contributed by atoms with van der Waals surface area (Å²) in [5.74, 6) is 0.733. The molecule has 3 heterocycles. The molecule has 22 heavy (non-hydrogen) atoms. The fourth-order valence-corrected chi connectivity index (χ4v) is 2.81. The van der Waals surface area contributed by atoms with Crippen LogP contribution in [0.3, 0.4) is 0 Å². The molecule has 1 aliphatic rings. The number of hydrogen-bond donors (Lipinski definition) is 2. The zero-order valence-corrected chi connectivity index (χ0v) is 12.1. The van der Waals surface area contributed by atoms with Gasteiger partial charge >= 0.3 is 0 Å². The van der Waals surface area contributed by atoms with Gasteiger partial charge in [-0.15, -0.1) is 0 Å². The average molecular weight is 295 g/mol. The Morgan fingerprint density at radius 1 is 1.09 bits per heavy atom. The minimum atomic E-state index is -0.208. The number of nitrogens with one attached hydrogen (secondary N) is 1. The summed E-state index contributed by atoms with van der Waals surface area (Å²) >= 11 is 0. The van der Waals surface area contributed by atoms with Crippen molar-refractivity contribution in [1.29, 1.82) is 0 Å². The average Bonchev–Trinajstić information content (AvgIpc) is 3.17. The van der Waals surface area contributed by atoms with Crippen LogP contribution in [0.4, 0.5) is 17.2 Å². The van der Waals surface area contributed by atoms with Gasteiger partial charge in [0, 0.05) is 49.3 Å². The van der Waals surface area contributed by atoms with Crippen LogP contribution in [0.5, 0.6) is 0 Å². The van der Waals surface area contributed by atoms with E-state index in [0.717, 1.165) is 35.8 Å². The number of aromatic nitrogens is 3. The third-order valence-electron chi connectivity index (χ3n) is 3.97. The molecule has 0 saturated carbocycles. The van der Waals surface area contributed by atoms with E-state index in [1.807, 2.05) is 28.9 Å². The van der Waals surface area contributed by atoms with E-state index in [0.29, 0.717) is 6.54 Å². The van der Waals surface area contributed by atoms with Gasteiger partial charge in [0.25, 0.3) is 0 Å². The van der Waals surface area contributed by atoms with E-state index in [1.54, 1.807) is 12.4 Å². The van der Waals surface area contributed by atoms with E-state index in [2.05, 4.69) is 32.3 Å². The van der Waals surface area contributed by atoms with Crippen molar-refractivity contribution in [3.8, 4) is 0 Å². The normalized spacial score (nSPS) is 18.0. The molecule has 112 valence electrons. The molecule has 1 fully saturated rings. The predicted octanol–water partition coefficient (Wildman–Crippen LogP) is 2.04. The number of rotatable bonds is 3. The first-order valence-electron chi connectivity index (χ1n) is 7.37. The molecule has 6 heteroatoms. The highest BCUT2D eigenvalue weighted by Gasteiger charge is 2.20. The molecule has 3 aromatic rings. The minimum Gasteiger partial charge on any atom is -0.391 e. The Morgan fingerprint density at radius 2 is 1.86 bits per heavy atom. The fraction of sp³-hybridized carbons (Fsp3) is 0.250. The summed E-state index contributed by atoms with van der Waals surface area (Å²) in [4.78, 5) is 10.8. The quantitative estimate of drug-likeness (QED) is 0.774. The first-order chi connectivity index (χ1) is 10.8. The Morgan fingerprint density at radius 3 is 2.59 bits per heavy atom. The highest BCUT2D eigenvalue weighted by molar-refractivity contribution is 5.70. The Labute approximate surface area is 128 Å². The van der Waals surface area contributed by atoms with E-state index >= 15 is 0 Å². The number of aliphatic hydroxyl groups is 1. The van der Waals surface area contributed by atoms with Crippen LogP contribution in [0.15, 0.2) is 49.1 Å². The number of nitrogens with zero attached hydrogens (tertiary/aromatic N) is 4. The lowest BCUT2D eigenvalue weighted by atomic mass is 10.2. The van der Waals surface area contributed by atoms with E-state index in [-0.39, 0.29) is 6.10 Å². The van der Waals surface area contributed by atoms with Gasteiger partial charge in [0.2, 0.25) is 0 Å². The Hall–Kier alpha value is -2.60. The number of anilines is 3. The maximum atomic E-state index is 9.62. The standard InChI is InChI=1S/C16H17N5O/c22-14-5-8-21(11-14)13-3-1-12(2-4-13)19-15-16-18-7-10-20(16)9-6-17-15/h1-4,6-7,9-10,14,22H,5,8,11H2,(H,17,19)/t14-/m0/s1. The van der Waals surface area contributed by atoms with Crippen molar-refractivity contribution in [2.45, 2.75) is 12.5 Å². The molecule has 6 nitrogen and oxygen atoms in total. The number of fused-ring (bicyclic) bond motifs is 1. The molecule has 1 aliphatic heterocycles. The van der Waals surface area contributed by atoms with E-state index in [1.165, 1.54) is 0 Å². The number of benzene rings is 1. The van der Waals surface area contributed by atoms with Crippen LogP contribution in [-0.2, 0) is 0 Å². The maximum absolute atomic E-state index is 9.62. The summed E-state index contributed by atoms with van der Waals surface area (Å²) in [6.45, 7) is 1.62. The monoisotopic (exact) mass is 295 g/mol. The lowest BCUT2D eigenvalue weighted by molar-refractivity contribution is 0.198. The van der Waals surface area contributed by atoms with Gasteiger partial charge in [0.15, 0.2) is 11.5 Å². The molecular weight excluding hydrogens is 278 g/mol. The van der Waals surface area contributed by atoms with Crippen molar-refractivity contribution >= 4 is 22.8 Å². The largest absolute Gasteiger partial charge is 0.391 e. The first-order valence-corrected chi connectivity index (χ1v) is 7.37. The molecular formula is C16H17N5O. The third kappa shape index (κ3) is 2.37. The summed E-state index contributed by atoms with van der Waals surface area (Å²) in [7, 11) is 0. The lowest BCUT2D eigenvalue weighted by Crippen LogP contribution is -2.20. The zero-order valence-electron chi connectivity index (χ0n) is 12.1. The summed E-state index contributed by atoms with van der Waals surface area (Å²) in [6.07, 6.45) is 7.89. The molecule has 0 spiro atoms. The van der Waals surface area contributed by atoms with Crippen LogP contribution in [0, 0.1) is 0 Å². The first kappa shape index (κ1) is 13.1. The summed E-state index contributed by atoms with van der Waals surface area (Å²) < 4.78 is 1.93. The Kier molecular flexibility index (Phi) is 3.16. The van der Waals surface area contributed by atoms with Gasteiger partial charge in [-0.2, -0.15) is 0 Å². The summed E-state index contributed by atoms with van der Waals surface area (Å²) in [5.41, 5.74) is 2.90. The molecule has 2 aromatic heterocycles. The summed E-state index contributed by atoms with van der Waals surface area (Å²) in [5, 5.41) is 12.9. The van der Waals surface area contributed by atoms with Gasteiger partial charge in [-0.1, -0.05) is 0 Å². The van der Waals surface area contributed by atoms with Gasteiger partial charge in [-0.05, 0) is 30.7 Å². The molecule has 4 rings (SSSR count). The van der Waals surface area contributed by atoms with Gasteiger partial charge in [-0.3, -0.25) is 0 Å². The predicted molar refractivity (Wildman–Crippen MR) is 85.5 cm³/mol. The van der Waals surface area contributed by atoms with Gasteiger partial charge in [0.1, 0.15) is 0 Å². The van der Waals surface area contributed by atoms with Gasteiger partial charge < -0.3 is 19.7 Å². The van der Waals surface area contributed by atoms with E-state index in [9.17, 15) is 5.11 Å². The molecule has 0 unspecified atom stereocenters. The number of aliphatic hydroxyl groups excluding tert-OH is 1. The van der Waals surface area contributed by atoms with Crippen molar-refractivity contribution in [3.63, 3.8) is 0 Å². The second-order valence-corrected chi connectivity index (χ2v) is 5.49. The van der Waals surface area contributed by atoms with Crippen LogP contribution >= 0.6 is 0 Å². The van der Waals surface area contributed by atoms with E-state index < -0.39 is 0 Å². The van der Waals surface area contributed by atoms with Crippen molar-refractivity contribution < 1.29 is 5.11 Å². The number of β-amino-alcohol motifs (C(OH)–C–C–N with tert-alkyl or cyclic N) is 1. The zero-order chi connectivity index (χ0) is 14.9. The molecule has 1 saturated heterocycles. The van der Waals surface area contributed by atoms with Crippen LogP contribution in [0.2, 0.25) is 0 Å². The second kappa shape index (κ2) is 5.31. The Bertz CT molecular complexity index is 783. The van der Waals surface area contributed by atoms with Crippen LogP contribution in [0.1, 0.15) is 6.42 Å². The topological polar surface area (TPSA) is 65.7 Å². The number of hydrogen-bond acceptors (Lipinski definition) is 5. The van der Waals surface area contributed by atoms with Gasteiger partial charge in [0.05, 0.1) is 6.10 Å². The van der Waals surface area contributed by atoms with Crippen LogP contribution in [-0.4, -0.2) is 38.7 Å². The highest BCUT2D eigenvalue weighted by Crippen LogP contribution is 2.24. The van der Waals surface area contributed by atoms with Crippen molar-refractivity contribution in [3.05, 3.63) is 49.1 Å². The molecule has 0 bridgehead atoms. The lowest BCUT2D eigenvalue weighted by Gasteiger charge is -2.18. The van der Waals surface area contributed by atoms with Crippen LogP contribution < -0.4 is 10.2 Å². The highest BCUT2D eigenvalue weighted by atomic mass is 16.3.